The number of carbonyl (C=O) groups excluding carboxylic acids is 1. The maximum Gasteiger partial charge on any atom is 0.230 e. The first-order chi connectivity index (χ1) is 10.5. The largest absolute Gasteiger partial charge is 0.390 e. The van der Waals surface area contributed by atoms with E-state index in [1.54, 1.807) is 0 Å². The molecule has 0 aromatic heterocycles. The van der Waals surface area contributed by atoms with Gasteiger partial charge in [-0.1, -0.05) is 48.0 Å². The van der Waals surface area contributed by atoms with Crippen molar-refractivity contribution in [2.45, 2.75) is 38.2 Å². The highest BCUT2D eigenvalue weighted by atomic mass is 79.9. The fourth-order valence-electron chi connectivity index (χ4n) is 2.82. The average Bonchev–Trinajstić information content (AvgIpc) is 3.32. The monoisotopic (exact) mass is 368 g/mol. The highest BCUT2D eigenvalue weighted by Gasteiger charge is 2.52. The van der Waals surface area contributed by atoms with Gasteiger partial charge in [-0.25, -0.2) is 0 Å². The summed E-state index contributed by atoms with van der Waals surface area (Å²) in [6, 6.07) is 7.89. The van der Waals surface area contributed by atoms with Crippen LogP contribution in [0.2, 0.25) is 0 Å². The van der Waals surface area contributed by atoms with Crippen LogP contribution in [0.1, 0.15) is 32.3 Å². The number of nitrogens with zero attached hydrogens (tertiary/aromatic N) is 1. The topological polar surface area (TPSA) is 52.6 Å². The van der Waals surface area contributed by atoms with Crippen LogP contribution in [0.15, 0.2) is 28.7 Å². The third-order valence-electron chi connectivity index (χ3n) is 4.44. The second-order valence-corrected chi connectivity index (χ2v) is 6.77. The van der Waals surface area contributed by atoms with Gasteiger partial charge in [-0.2, -0.15) is 0 Å². The molecular weight excluding hydrogens is 344 g/mol. The van der Waals surface area contributed by atoms with Crippen LogP contribution in [0.3, 0.4) is 0 Å². The molecule has 1 unspecified atom stereocenters. The van der Waals surface area contributed by atoms with E-state index in [9.17, 15) is 9.90 Å². The molecule has 0 heterocycles. The molecular formula is C17H25BrN2O2. The van der Waals surface area contributed by atoms with Crippen molar-refractivity contribution in [2.24, 2.45) is 0 Å². The van der Waals surface area contributed by atoms with Crippen molar-refractivity contribution in [2.75, 3.05) is 26.2 Å². The predicted molar refractivity (Wildman–Crippen MR) is 91.9 cm³/mol. The SMILES string of the molecule is CCN(CC)CC(O)CNC(=O)C1(c2ccccc2Br)CC1. The van der Waals surface area contributed by atoms with Gasteiger partial charge in [0.15, 0.2) is 0 Å². The molecule has 1 aromatic rings. The third-order valence-corrected chi connectivity index (χ3v) is 5.13. The molecule has 5 heteroatoms. The lowest BCUT2D eigenvalue weighted by molar-refractivity contribution is -0.124. The van der Waals surface area contributed by atoms with Crippen LogP contribution in [0.4, 0.5) is 0 Å². The van der Waals surface area contributed by atoms with Gasteiger partial charge in [0.25, 0.3) is 0 Å². The average molecular weight is 369 g/mol. The van der Waals surface area contributed by atoms with Crippen molar-refractivity contribution in [3.05, 3.63) is 34.3 Å². The van der Waals surface area contributed by atoms with E-state index in [0.717, 1.165) is 36.0 Å². The second-order valence-electron chi connectivity index (χ2n) is 5.91. The van der Waals surface area contributed by atoms with Gasteiger partial charge in [0.1, 0.15) is 0 Å². The summed E-state index contributed by atoms with van der Waals surface area (Å²) >= 11 is 3.54. The number of aliphatic hydroxyl groups excluding tert-OH is 1. The Morgan fingerprint density at radius 2 is 2.00 bits per heavy atom. The Hall–Kier alpha value is -0.910. The zero-order valence-electron chi connectivity index (χ0n) is 13.3. The van der Waals surface area contributed by atoms with Crippen LogP contribution >= 0.6 is 15.9 Å². The van der Waals surface area contributed by atoms with E-state index in [1.165, 1.54) is 0 Å². The molecule has 0 saturated heterocycles. The number of rotatable bonds is 8. The van der Waals surface area contributed by atoms with E-state index in [4.69, 9.17) is 0 Å². The van der Waals surface area contributed by atoms with Crippen LogP contribution in [-0.4, -0.2) is 48.2 Å². The molecule has 122 valence electrons. The van der Waals surface area contributed by atoms with E-state index in [2.05, 4.69) is 40.0 Å². The first-order valence-electron chi connectivity index (χ1n) is 7.97. The van der Waals surface area contributed by atoms with Crippen LogP contribution in [0.5, 0.6) is 0 Å². The van der Waals surface area contributed by atoms with Crippen molar-refractivity contribution in [1.82, 2.24) is 10.2 Å². The smallest absolute Gasteiger partial charge is 0.230 e. The lowest BCUT2D eigenvalue weighted by Gasteiger charge is -2.23. The van der Waals surface area contributed by atoms with Crippen LogP contribution in [0.25, 0.3) is 0 Å². The number of benzene rings is 1. The summed E-state index contributed by atoms with van der Waals surface area (Å²) in [5.41, 5.74) is 0.639. The summed E-state index contributed by atoms with van der Waals surface area (Å²) in [7, 11) is 0. The Morgan fingerprint density at radius 1 is 1.36 bits per heavy atom. The Bertz CT molecular complexity index is 513. The quantitative estimate of drug-likeness (QED) is 0.740. The van der Waals surface area contributed by atoms with Crippen molar-refractivity contribution in [3.8, 4) is 0 Å². The molecule has 1 fully saturated rings. The Labute approximate surface area is 141 Å². The van der Waals surface area contributed by atoms with Gasteiger partial charge >= 0.3 is 0 Å². The Balaban J connectivity index is 1.91. The van der Waals surface area contributed by atoms with Crippen molar-refractivity contribution in [3.63, 3.8) is 0 Å². The predicted octanol–water partition coefficient (Wildman–Crippen LogP) is 2.30. The van der Waals surface area contributed by atoms with Crippen molar-refractivity contribution < 1.29 is 9.90 Å². The summed E-state index contributed by atoms with van der Waals surface area (Å²) in [5.74, 6) is 0.0259. The number of hydrogen-bond acceptors (Lipinski definition) is 3. The minimum absolute atomic E-state index is 0.0259. The molecule has 1 aliphatic carbocycles. The number of likely N-dealkylation sites (N-methyl/N-ethyl adjacent to an activating group) is 1. The third kappa shape index (κ3) is 3.89. The highest BCUT2D eigenvalue weighted by Crippen LogP contribution is 2.50. The lowest BCUT2D eigenvalue weighted by Crippen LogP contribution is -2.43. The molecule has 0 radical (unpaired) electrons. The van der Waals surface area contributed by atoms with E-state index in [1.807, 2.05) is 24.3 Å². The summed E-state index contributed by atoms with van der Waals surface area (Å²) in [6.45, 7) is 6.85. The van der Waals surface area contributed by atoms with Gasteiger partial charge in [-0.15, -0.1) is 0 Å². The molecule has 0 bridgehead atoms. The number of nitrogens with one attached hydrogen (secondary N) is 1. The summed E-state index contributed by atoms with van der Waals surface area (Å²) in [5, 5.41) is 13.0. The zero-order chi connectivity index (χ0) is 16.2. The first kappa shape index (κ1) is 17.4. The minimum Gasteiger partial charge on any atom is -0.390 e. The zero-order valence-corrected chi connectivity index (χ0v) is 14.9. The molecule has 22 heavy (non-hydrogen) atoms. The molecule has 4 nitrogen and oxygen atoms in total. The van der Waals surface area contributed by atoms with Gasteiger partial charge in [-0.3, -0.25) is 4.79 Å². The van der Waals surface area contributed by atoms with Gasteiger partial charge in [0.05, 0.1) is 11.5 Å². The lowest BCUT2D eigenvalue weighted by atomic mass is 9.95. The molecule has 1 aliphatic rings. The molecule has 1 atom stereocenters. The van der Waals surface area contributed by atoms with Crippen molar-refractivity contribution in [1.29, 1.82) is 0 Å². The van der Waals surface area contributed by atoms with E-state index >= 15 is 0 Å². The second kappa shape index (κ2) is 7.57. The van der Waals surface area contributed by atoms with Crippen LogP contribution < -0.4 is 5.32 Å². The van der Waals surface area contributed by atoms with E-state index < -0.39 is 11.5 Å². The van der Waals surface area contributed by atoms with Crippen LogP contribution in [-0.2, 0) is 10.2 Å². The molecule has 2 N–H and O–H groups in total. The van der Waals surface area contributed by atoms with Crippen molar-refractivity contribution >= 4 is 21.8 Å². The number of carbonyl (C=O) groups is 1. The molecule has 0 spiro atoms. The summed E-state index contributed by atoms with van der Waals surface area (Å²) in [6.07, 6.45) is 1.21. The van der Waals surface area contributed by atoms with E-state index in [-0.39, 0.29) is 5.91 Å². The summed E-state index contributed by atoms with van der Waals surface area (Å²) < 4.78 is 0.978. The maximum absolute atomic E-state index is 12.6. The standard InChI is InChI=1S/C17H25BrN2O2/c1-3-20(4-2)12-13(21)11-19-16(22)17(9-10-17)14-7-5-6-8-15(14)18/h5-8,13,21H,3-4,9-12H2,1-2H3,(H,19,22). The van der Waals surface area contributed by atoms with Gasteiger partial charge in [0.2, 0.25) is 5.91 Å². The Kier molecular flexibility index (Phi) is 6.01. The number of hydrogen-bond donors (Lipinski definition) is 2. The molecule has 2 rings (SSSR count). The number of halogens is 1. The minimum atomic E-state index is -0.529. The molecule has 0 aliphatic heterocycles. The van der Waals surface area contributed by atoms with Gasteiger partial charge in [-0.05, 0) is 37.6 Å². The summed E-state index contributed by atoms with van der Waals surface area (Å²) in [4.78, 5) is 14.7. The highest BCUT2D eigenvalue weighted by molar-refractivity contribution is 9.10. The number of aliphatic hydroxyl groups is 1. The molecule has 1 amide bonds. The number of amides is 1. The maximum atomic E-state index is 12.6. The molecule has 1 saturated carbocycles. The normalized spacial score (nSPS) is 17.3. The molecule has 1 aromatic carbocycles. The van der Waals surface area contributed by atoms with Crippen LogP contribution in [0, 0.1) is 0 Å². The van der Waals surface area contributed by atoms with Gasteiger partial charge < -0.3 is 15.3 Å². The Morgan fingerprint density at radius 3 is 2.55 bits per heavy atom. The van der Waals surface area contributed by atoms with E-state index in [0.29, 0.717) is 13.1 Å². The first-order valence-corrected chi connectivity index (χ1v) is 8.76. The fraction of sp³-hybridized carbons (Fsp3) is 0.588. The van der Waals surface area contributed by atoms with Gasteiger partial charge in [0, 0.05) is 17.6 Å². The fourth-order valence-corrected chi connectivity index (χ4v) is 3.48.